The molecule has 1 saturated heterocycles. The first-order valence-corrected chi connectivity index (χ1v) is 14.2. The molecule has 0 aliphatic carbocycles. The average Bonchev–Trinajstić information content (AvgIpc) is 3.51. The van der Waals surface area contributed by atoms with Crippen LogP contribution >= 0.6 is 0 Å². The van der Waals surface area contributed by atoms with Gasteiger partial charge in [0.15, 0.2) is 5.78 Å². The van der Waals surface area contributed by atoms with Crippen molar-refractivity contribution in [2.75, 3.05) is 6.61 Å². The van der Waals surface area contributed by atoms with E-state index in [1.807, 2.05) is 54.6 Å². The molecule has 1 fully saturated rings. The Kier molecular flexibility index (Phi) is 7.34. The molecule has 1 aliphatic rings. The lowest BCUT2D eigenvalue weighted by molar-refractivity contribution is -0.125. The number of ether oxygens (including phenoxy) is 2. The summed E-state index contributed by atoms with van der Waals surface area (Å²) in [6.45, 7) is 13.3. The van der Waals surface area contributed by atoms with Gasteiger partial charge in [0, 0.05) is 0 Å². The molecule has 0 aromatic heterocycles. The molecule has 1 unspecified atom stereocenters. The van der Waals surface area contributed by atoms with Crippen LogP contribution in [0.5, 0.6) is 5.75 Å². The van der Waals surface area contributed by atoms with Gasteiger partial charge in [0.05, 0.1) is 12.6 Å². The lowest BCUT2D eigenvalue weighted by Crippen LogP contribution is -2.47. The standard InChI is InChI=1S/C26H35NO5Si/c1-25(2,3)33(5,6)32-21-14-12-19(13-15-21)16-22(23(28)26(4)18-31-26)27-24(29)30-17-20-10-8-7-9-11-20/h7-15,22H,16-18H2,1-6H3,(H,27,29)/t22?,26-/m1/s1. The molecular formula is C26H35NO5Si. The largest absolute Gasteiger partial charge is 0.544 e. The van der Waals surface area contributed by atoms with E-state index in [-0.39, 0.29) is 17.4 Å². The second-order valence-corrected chi connectivity index (χ2v) is 15.1. The first-order chi connectivity index (χ1) is 15.4. The number of ketones is 1. The van der Waals surface area contributed by atoms with Gasteiger partial charge in [-0.25, -0.2) is 4.79 Å². The van der Waals surface area contributed by atoms with Gasteiger partial charge in [-0.15, -0.1) is 0 Å². The van der Waals surface area contributed by atoms with Gasteiger partial charge in [0.2, 0.25) is 8.32 Å². The van der Waals surface area contributed by atoms with Crippen LogP contribution in [0, 0.1) is 0 Å². The second-order valence-electron chi connectivity index (χ2n) is 10.4. The molecule has 2 atom stereocenters. The van der Waals surface area contributed by atoms with E-state index in [1.165, 1.54) is 0 Å². The van der Waals surface area contributed by atoms with E-state index >= 15 is 0 Å². The number of epoxide rings is 1. The van der Waals surface area contributed by atoms with Gasteiger partial charge in [0.25, 0.3) is 0 Å². The lowest BCUT2D eigenvalue weighted by Gasteiger charge is -2.36. The van der Waals surface area contributed by atoms with E-state index in [4.69, 9.17) is 13.9 Å². The van der Waals surface area contributed by atoms with Crippen LogP contribution in [0.3, 0.4) is 0 Å². The van der Waals surface area contributed by atoms with E-state index in [9.17, 15) is 9.59 Å². The van der Waals surface area contributed by atoms with Crippen molar-refractivity contribution in [3.63, 3.8) is 0 Å². The van der Waals surface area contributed by atoms with Crippen LogP contribution in [0.2, 0.25) is 18.1 Å². The third-order valence-electron chi connectivity index (χ3n) is 6.46. The second kappa shape index (κ2) is 9.69. The zero-order valence-electron chi connectivity index (χ0n) is 20.4. The summed E-state index contributed by atoms with van der Waals surface area (Å²) in [4.78, 5) is 25.4. The average molecular weight is 470 g/mol. The fourth-order valence-electron chi connectivity index (χ4n) is 3.11. The highest BCUT2D eigenvalue weighted by Crippen LogP contribution is 2.37. The number of carbonyl (C=O) groups is 2. The first-order valence-electron chi connectivity index (χ1n) is 11.3. The topological polar surface area (TPSA) is 77.2 Å². The number of carbonyl (C=O) groups excluding carboxylic acids is 2. The summed E-state index contributed by atoms with van der Waals surface area (Å²) in [5.41, 5.74) is 0.955. The molecule has 3 rings (SSSR count). The minimum atomic E-state index is -1.93. The molecule has 1 heterocycles. The smallest absolute Gasteiger partial charge is 0.408 e. The zero-order valence-corrected chi connectivity index (χ0v) is 21.4. The molecule has 7 heteroatoms. The number of hydrogen-bond acceptors (Lipinski definition) is 5. The van der Waals surface area contributed by atoms with Gasteiger partial charge in [-0.05, 0) is 54.7 Å². The summed E-state index contributed by atoms with van der Waals surface area (Å²) in [6.07, 6.45) is -0.280. The normalized spacial score (nSPS) is 18.8. The summed E-state index contributed by atoms with van der Waals surface area (Å²) in [7, 11) is -1.93. The Morgan fingerprint density at radius 3 is 2.21 bits per heavy atom. The summed E-state index contributed by atoms with van der Waals surface area (Å²) in [5.74, 6) is 0.668. The monoisotopic (exact) mass is 469 g/mol. The molecule has 1 amide bonds. The Hall–Kier alpha value is -2.64. The van der Waals surface area contributed by atoms with Gasteiger partial charge in [-0.3, -0.25) is 4.79 Å². The number of benzene rings is 2. The molecule has 178 valence electrons. The van der Waals surface area contributed by atoms with Gasteiger partial charge >= 0.3 is 6.09 Å². The summed E-state index contributed by atoms with van der Waals surface area (Å²) < 4.78 is 17.0. The highest BCUT2D eigenvalue weighted by atomic mass is 28.4. The van der Waals surface area contributed by atoms with Crippen LogP contribution in [0.25, 0.3) is 0 Å². The first kappa shape index (κ1) is 25.0. The molecule has 6 nitrogen and oxygen atoms in total. The SMILES string of the molecule is CC(C)(C)[Si](C)(C)Oc1ccc(CC(NC(=O)OCc2ccccc2)C(=O)[C@@]2(C)CO2)cc1. The molecule has 1 aliphatic heterocycles. The molecule has 0 radical (unpaired) electrons. The van der Waals surface area contributed by atoms with Crippen molar-refractivity contribution in [2.45, 2.75) is 70.5 Å². The number of Topliss-reactive ketones (excluding diaryl/α,β-unsaturated/α-hetero) is 1. The van der Waals surface area contributed by atoms with Crippen molar-refractivity contribution in [1.82, 2.24) is 5.32 Å². The molecule has 2 aromatic rings. The summed E-state index contributed by atoms with van der Waals surface area (Å²) >= 11 is 0. The number of hydrogen-bond donors (Lipinski definition) is 1. The lowest BCUT2D eigenvalue weighted by atomic mass is 9.95. The van der Waals surface area contributed by atoms with Crippen molar-refractivity contribution < 1.29 is 23.5 Å². The van der Waals surface area contributed by atoms with E-state index < -0.39 is 26.1 Å². The number of alkyl carbamates (subject to hydrolysis) is 1. The van der Waals surface area contributed by atoms with Crippen LogP contribution in [-0.2, 0) is 27.3 Å². The van der Waals surface area contributed by atoms with E-state index in [2.05, 4.69) is 39.2 Å². The summed E-state index contributed by atoms with van der Waals surface area (Å²) in [5, 5.41) is 2.84. The van der Waals surface area contributed by atoms with E-state index in [1.54, 1.807) is 6.92 Å². The minimum absolute atomic E-state index is 0.104. The zero-order chi connectivity index (χ0) is 24.3. The maximum absolute atomic E-state index is 13.0. The maximum atomic E-state index is 13.0. The van der Waals surface area contributed by atoms with Gasteiger partial charge in [0.1, 0.15) is 18.0 Å². The van der Waals surface area contributed by atoms with Crippen LogP contribution in [0.15, 0.2) is 54.6 Å². The number of amides is 1. The Morgan fingerprint density at radius 2 is 1.67 bits per heavy atom. The predicted molar refractivity (Wildman–Crippen MR) is 131 cm³/mol. The molecule has 0 bridgehead atoms. The Morgan fingerprint density at radius 1 is 1.06 bits per heavy atom. The fourth-order valence-corrected chi connectivity index (χ4v) is 4.14. The quantitative estimate of drug-likeness (QED) is 0.400. The van der Waals surface area contributed by atoms with Gasteiger partial charge in [-0.1, -0.05) is 63.2 Å². The highest BCUT2D eigenvalue weighted by molar-refractivity contribution is 6.74. The third kappa shape index (κ3) is 6.68. The number of rotatable bonds is 9. The van der Waals surface area contributed by atoms with Gasteiger partial charge < -0.3 is 19.2 Å². The molecule has 0 saturated carbocycles. The number of nitrogens with one attached hydrogen (secondary N) is 1. The van der Waals surface area contributed by atoms with Crippen LogP contribution in [0.4, 0.5) is 4.79 Å². The molecule has 33 heavy (non-hydrogen) atoms. The fraction of sp³-hybridized carbons (Fsp3) is 0.462. The van der Waals surface area contributed by atoms with Crippen molar-refractivity contribution >= 4 is 20.2 Å². The Balaban J connectivity index is 1.65. The van der Waals surface area contributed by atoms with E-state index in [0.29, 0.717) is 13.0 Å². The van der Waals surface area contributed by atoms with Gasteiger partial charge in [-0.2, -0.15) is 0 Å². The predicted octanol–water partition coefficient (Wildman–Crippen LogP) is 5.27. The van der Waals surface area contributed by atoms with Crippen molar-refractivity contribution in [3.05, 3.63) is 65.7 Å². The van der Waals surface area contributed by atoms with Crippen molar-refractivity contribution in [1.29, 1.82) is 0 Å². The molecule has 1 N–H and O–H groups in total. The summed E-state index contributed by atoms with van der Waals surface area (Å²) in [6, 6.07) is 16.4. The van der Waals surface area contributed by atoms with Crippen LogP contribution in [0.1, 0.15) is 38.8 Å². The van der Waals surface area contributed by atoms with E-state index in [0.717, 1.165) is 16.9 Å². The molecular weight excluding hydrogens is 434 g/mol. The Bertz CT molecular complexity index is 962. The van der Waals surface area contributed by atoms with Crippen LogP contribution in [-0.4, -0.2) is 38.4 Å². The Labute approximate surface area is 197 Å². The molecule has 0 spiro atoms. The maximum Gasteiger partial charge on any atom is 0.408 e. The minimum Gasteiger partial charge on any atom is -0.544 e. The third-order valence-corrected chi connectivity index (χ3v) is 10.8. The molecule has 2 aromatic carbocycles. The van der Waals surface area contributed by atoms with Crippen molar-refractivity contribution in [3.8, 4) is 5.75 Å². The highest BCUT2D eigenvalue weighted by Gasteiger charge is 2.50. The van der Waals surface area contributed by atoms with Crippen molar-refractivity contribution in [2.24, 2.45) is 0 Å². The van der Waals surface area contributed by atoms with Crippen LogP contribution < -0.4 is 9.74 Å².